The minimum Gasteiger partial charge on any atom is -0.444 e. The van der Waals surface area contributed by atoms with Gasteiger partial charge in [-0.05, 0) is 49.4 Å². The third kappa shape index (κ3) is 4.20. The number of benzene rings is 3. The first kappa shape index (κ1) is 18.9. The Kier molecular flexibility index (Phi) is 4.90. The predicted molar refractivity (Wildman–Crippen MR) is 109 cm³/mol. The minimum atomic E-state index is -3.84. The summed E-state index contributed by atoms with van der Waals surface area (Å²) in [6.45, 7) is 2.01. The number of halogens is 1. The van der Waals surface area contributed by atoms with Crippen molar-refractivity contribution in [3.63, 3.8) is 0 Å². The maximum Gasteiger partial charge on any atom is 0.261 e. The highest BCUT2D eigenvalue weighted by atomic mass is 32.2. The van der Waals surface area contributed by atoms with Gasteiger partial charge >= 0.3 is 0 Å². The van der Waals surface area contributed by atoms with Crippen LogP contribution in [0.25, 0.3) is 22.7 Å². The SMILES string of the molecule is Cc1ccc(-c2coc(-c3cccc(NS(=O)(=O)c4ccc(F)cc4)c3)n2)cc1. The lowest BCUT2D eigenvalue weighted by molar-refractivity contribution is 0.575. The normalized spacial score (nSPS) is 11.4. The van der Waals surface area contributed by atoms with E-state index in [2.05, 4.69) is 9.71 Å². The molecule has 0 fully saturated rings. The van der Waals surface area contributed by atoms with Gasteiger partial charge in [-0.1, -0.05) is 35.9 Å². The van der Waals surface area contributed by atoms with Crippen molar-refractivity contribution in [1.82, 2.24) is 4.98 Å². The van der Waals surface area contributed by atoms with Crippen molar-refractivity contribution in [1.29, 1.82) is 0 Å². The van der Waals surface area contributed by atoms with Gasteiger partial charge < -0.3 is 4.42 Å². The van der Waals surface area contributed by atoms with Crippen LogP contribution in [0.2, 0.25) is 0 Å². The molecular weight excluding hydrogens is 391 g/mol. The van der Waals surface area contributed by atoms with Gasteiger partial charge in [-0.3, -0.25) is 4.72 Å². The Bertz CT molecular complexity index is 1250. The molecule has 0 bridgehead atoms. The molecule has 0 saturated carbocycles. The molecule has 0 aliphatic heterocycles. The zero-order valence-corrected chi connectivity index (χ0v) is 16.3. The van der Waals surface area contributed by atoms with Crippen molar-refractivity contribution in [2.75, 3.05) is 4.72 Å². The van der Waals surface area contributed by atoms with Crippen LogP contribution in [-0.4, -0.2) is 13.4 Å². The molecule has 0 spiro atoms. The standard InChI is InChI=1S/C22H17FN2O3S/c1-15-5-7-16(8-6-15)21-14-28-22(24-21)17-3-2-4-19(13-17)25-29(26,27)20-11-9-18(23)10-12-20/h2-14,25H,1H3. The monoisotopic (exact) mass is 408 g/mol. The van der Waals surface area contributed by atoms with Crippen LogP contribution < -0.4 is 4.72 Å². The van der Waals surface area contributed by atoms with Crippen molar-refractivity contribution < 1.29 is 17.2 Å². The largest absolute Gasteiger partial charge is 0.444 e. The first-order valence-electron chi connectivity index (χ1n) is 8.82. The Labute approximate surface area is 167 Å². The van der Waals surface area contributed by atoms with Gasteiger partial charge in [-0.15, -0.1) is 0 Å². The lowest BCUT2D eigenvalue weighted by Gasteiger charge is -2.08. The van der Waals surface area contributed by atoms with Crippen molar-refractivity contribution in [2.45, 2.75) is 11.8 Å². The molecule has 4 rings (SSSR count). The summed E-state index contributed by atoms with van der Waals surface area (Å²) in [5.74, 6) is -0.123. The van der Waals surface area contributed by atoms with E-state index in [1.165, 1.54) is 12.1 Å². The van der Waals surface area contributed by atoms with Gasteiger partial charge in [0.1, 0.15) is 17.8 Å². The average molecular weight is 408 g/mol. The number of hydrogen-bond acceptors (Lipinski definition) is 4. The topological polar surface area (TPSA) is 72.2 Å². The van der Waals surface area contributed by atoms with Crippen molar-refractivity contribution >= 4 is 15.7 Å². The molecule has 5 nitrogen and oxygen atoms in total. The molecule has 1 N–H and O–H groups in total. The minimum absolute atomic E-state index is 0.0258. The molecule has 0 aliphatic carbocycles. The number of rotatable bonds is 5. The molecule has 0 aliphatic rings. The number of aryl methyl sites for hydroxylation is 1. The summed E-state index contributed by atoms with van der Waals surface area (Å²) < 4.78 is 46.1. The molecule has 1 heterocycles. The number of oxazole rings is 1. The van der Waals surface area contributed by atoms with Gasteiger partial charge in [0.15, 0.2) is 0 Å². The molecular formula is C22H17FN2O3S. The highest BCUT2D eigenvalue weighted by Crippen LogP contribution is 2.27. The van der Waals surface area contributed by atoms with Crippen LogP contribution in [0.4, 0.5) is 10.1 Å². The molecule has 0 atom stereocenters. The zero-order valence-electron chi connectivity index (χ0n) is 15.5. The van der Waals surface area contributed by atoms with Crippen molar-refractivity contribution in [2.24, 2.45) is 0 Å². The third-order valence-electron chi connectivity index (χ3n) is 4.34. The number of hydrogen-bond donors (Lipinski definition) is 1. The molecule has 0 unspecified atom stereocenters. The van der Waals surface area contributed by atoms with Crippen LogP contribution in [0.15, 0.2) is 88.4 Å². The van der Waals surface area contributed by atoms with E-state index in [-0.39, 0.29) is 4.90 Å². The molecule has 0 radical (unpaired) electrons. The summed E-state index contributed by atoms with van der Waals surface area (Å²) in [6.07, 6.45) is 1.56. The van der Waals surface area contributed by atoms with Crippen molar-refractivity contribution in [3.05, 3.63) is 90.4 Å². The fourth-order valence-electron chi connectivity index (χ4n) is 2.81. The second-order valence-electron chi connectivity index (χ2n) is 6.54. The van der Waals surface area contributed by atoms with E-state index < -0.39 is 15.8 Å². The quantitative estimate of drug-likeness (QED) is 0.489. The molecule has 3 aromatic carbocycles. The van der Waals surface area contributed by atoms with E-state index in [4.69, 9.17) is 4.42 Å². The van der Waals surface area contributed by atoms with E-state index in [0.29, 0.717) is 22.8 Å². The number of aromatic nitrogens is 1. The van der Waals surface area contributed by atoms with E-state index in [1.807, 2.05) is 31.2 Å². The van der Waals surface area contributed by atoms with E-state index in [1.54, 1.807) is 30.5 Å². The molecule has 0 saturated heterocycles. The van der Waals surface area contributed by atoms with E-state index in [0.717, 1.165) is 23.3 Å². The smallest absolute Gasteiger partial charge is 0.261 e. The van der Waals surface area contributed by atoms with Crippen LogP contribution in [-0.2, 0) is 10.0 Å². The van der Waals surface area contributed by atoms with Crippen LogP contribution >= 0.6 is 0 Å². The van der Waals surface area contributed by atoms with Gasteiger partial charge in [0.05, 0.1) is 4.90 Å². The third-order valence-corrected chi connectivity index (χ3v) is 5.73. The Morgan fingerprint density at radius 1 is 0.931 bits per heavy atom. The highest BCUT2D eigenvalue weighted by Gasteiger charge is 2.15. The summed E-state index contributed by atoms with van der Waals surface area (Å²) in [7, 11) is -3.84. The fourth-order valence-corrected chi connectivity index (χ4v) is 3.86. The number of nitrogens with one attached hydrogen (secondary N) is 1. The molecule has 146 valence electrons. The lowest BCUT2D eigenvalue weighted by Crippen LogP contribution is -2.12. The first-order chi connectivity index (χ1) is 13.9. The van der Waals surface area contributed by atoms with Crippen LogP contribution in [0.1, 0.15) is 5.56 Å². The second kappa shape index (κ2) is 7.52. The van der Waals surface area contributed by atoms with E-state index >= 15 is 0 Å². The zero-order chi connectivity index (χ0) is 20.4. The number of sulfonamides is 1. The van der Waals surface area contributed by atoms with Crippen LogP contribution in [0.5, 0.6) is 0 Å². The Morgan fingerprint density at radius 3 is 2.38 bits per heavy atom. The predicted octanol–water partition coefficient (Wildman–Crippen LogP) is 5.26. The molecule has 1 aromatic heterocycles. The number of nitrogens with zero attached hydrogens (tertiary/aromatic N) is 1. The summed E-state index contributed by atoms with van der Waals surface area (Å²) in [6, 6.07) is 19.3. The summed E-state index contributed by atoms with van der Waals surface area (Å²) in [5, 5.41) is 0. The van der Waals surface area contributed by atoms with Gasteiger partial charge in [0, 0.05) is 16.8 Å². The van der Waals surface area contributed by atoms with Crippen LogP contribution in [0.3, 0.4) is 0 Å². The number of anilines is 1. The second-order valence-corrected chi connectivity index (χ2v) is 8.23. The molecule has 7 heteroatoms. The van der Waals surface area contributed by atoms with Crippen molar-refractivity contribution in [3.8, 4) is 22.7 Å². The van der Waals surface area contributed by atoms with Gasteiger partial charge in [-0.25, -0.2) is 17.8 Å². The fraction of sp³-hybridized carbons (Fsp3) is 0.0455. The van der Waals surface area contributed by atoms with Gasteiger partial charge in [-0.2, -0.15) is 0 Å². The molecule has 29 heavy (non-hydrogen) atoms. The van der Waals surface area contributed by atoms with Gasteiger partial charge in [0.2, 0.25) is 5.89 Å². The van der Waals surface area contributed by atoms with E-state index in [9.17, 15) is 12.8 Å². The highest BCUT2D eigenvalue weighted by molar-refractivity contribution is 7.92. The summed E-state index contributed by atoms with van der Waals surface area (Å²) in [4.78, 5) is 4.47. The Balaban J connectivity index is 1.59. The summed E-state index contributed by atoms with van der Waals surface area (Å²) >= 11 is 0. The average Bonchev–Trinajstić information content (AvgIpc) is 3.19. The Morgan fingerprint density at radius 2 is 1.66 bits per heavy atom. The summed E-state index contributed by atoms with van der Waals surface area (Å²) in [5.41, 5.74) is 3.75. The first-order valence-corrected chi connectivity index (χ1v) is 10.3. The maximum absolute atomic E-state index is 13.1. The van der Waals surface area contributed by atoms with Gasteiger partial charge in [0.25, 0.3) is 10.0 Å². The molecule has 4 aromatic rings. The maximum atomic E-state index is 13.1. The lowest BCUT2D eigenvalue weighted by atomic mass is 10.1. The molecule has 0 amide bonds. The Hall–Kier alpha value is -3.45. The van der Waals surface area contributed by atoms with Crippen LogP contribution in [0, 0.1) is 12.7 Å².